The van der Waals surface area contributed by atoms with Crippen molar-refractivity contribution >= 4 is 46.6 Å². The lowest BCUT2D eigenvalue weighted by atomic mass is 10.2. The maximum absolute atomic E-state index is 12.2. The highest BCUT2D eigenvalue weighted by atomic mass is 35.5. The van der Waals surface area contributed by atoms with Crippen molar-refractivity contribution in [3.8, 4) is 0 Å². The number of carbonyl (C=O) groups is 2. The summed E-state index contributed by atoms with van der Waals surface area (Å²) in [7, 11) is 0. The van der Waals surface area contributed by atoms with Gasteiger partial charge in [-0.25, -0.2) is 9.78 Å². The van der Waals surface area contributed by atoms with E-state index in [1.54, 1.807) is 0 Å². The molecule has 1 fully saturated rings. The number of carboxylic acids is 1. The third kappa shape index (κ3) is 5.44. The second-order valence-corrected chi connectivity index (χ2v) is 8.76. The zero-order valence-corrected chi connectivity index (χ0v) is 16.9. The summed E-state index contributed by atoms with van der Waals surface area (Å²) in [6.45, 7) is 2.02. The molecule has 9 heteroatoms. The van der Waals surface area contributed by atoms with E-state index in [0.717, 1.165) is 23.6 Å². The summed E-state index contributed by atoms with van der Waals surface area (Å²) in [6.07, 6.45) is 1.42. The molecular formula is C18H20ClN3O3S2. The molecule has 1 atom stereocenters. The lowest BCUT2D eigenvalue weighted by molar-refractivity contribution is -0.128. The summed E-state index contributed by atoms with van der Waals surface area (Å²) >= 11 is 8.97. The summed E-state index contributed by atoms with van der Waals surface area (Å²) in [4.78, 5) is 29.0. The van der Waals surface area contributed by atoms with Crippen LogP contribution in [0.3, 0.4) is 0 Å². The predicted molar refractivity (Wildman–Crippen MR) is 108 cm³/mol. The Morgan fingerprint density at radius 3 is 3.00 bits per heavy atom. The lowest BCUT2D eigenvalue weighted by Crippen LogP contribution is -2.41. The van der Waals surface area contributed by atoms with Crippen LogP contribution < -0.4 is 5.32 Å². The molecule has 2 N–H and O–H groups in total. The van der Waals surface area contributed by atoms with Gasteiger partial charge in [0.2, 0.25) is 5.91 Å². The van der Waals surface area contributed by atoms with Crippen LogP contribution in [0.4, 0.5) is 0 Å². The number of hydrogen-bond acceptors (Lipinski definition) is 6. The molecule has 3 rings (SSSR count). The highest BCUT2D eigenvalue weighted by Crippen LogP contribution is 2.25. The van der Waals surface area contributed by atoms with E-state index in [-0.39, 0.29) is 17.6 Å². The first-order valence-corrected chi connectivity index (χ1v) is 10.8. The first-order chi connectivity index (χ1) is 13.0. The Hall–Kier alpha value is -1.61. The van der Waals surface area contributed by atoms with Gasteiger partial charge in [0.05, 0.1) is 0 Å². The van der Waals surface area contributed by atoms with Gasteiger partial charge in [0.15, 0.2) is 10.0 Å². The van der Waals surface area contributed by atoms with Crippen LogP contribution in [0.5, 0.6) is 0 Å². The molecule has 27 heavy (non-hydrogen) atoms. The van der Waals surface area contributed by atoms with Crippen molar-refractivity contribution in [2.75, 3.05) is 18.8 Å². The van der Waals surface area contributed by atoms with Gasteiger partial charge in [-0.05, 0) is 18.1 Å². The Morgan fingerprint density at radius 1 is 1.44 bits per heavy atom. The van der Waals surface area contributed by atoms with E-state index in [0.29, 0.717) is 29.6 Å². The van der Waals surface area contributed by atoms with Crippen molar-refractivity contribution in [3.63, 3.8) is 0 Å². The highest BCUT2D eigenvalue weighted by molar-refractivity contribution is 8.01. The molecule has 2 aromatic rings. The van der Waals surface area contributed by atoms with E-state index >= 15 is 0 Å². The van der Waals surface area contributed by atoms with Gasteiger partial charge < -0.3 is 15.3 Å². The van der Waals surface area contributed by atoms with E-state index < -0.39 is 5.97 Å². The molecule has 0 radical (unpaired) electrons. The molecule has 1 aromatic heterocycles. The van der Waals surface area contributed by atoms with Crippen LogP contribution in [-0.2, 0) is 11.3 Å². The Balaban J connectivity index is 1.46. The minimum absolute atomic E-state index is 0.0707. The Labute approximate surface area is 170 Å². The third-order valence-corrected chi connectivity index (χ3v) is 6.74. The van der Waals surface area contributed by atoms with Crippen molar-refractivity contribution in [1.82, 2.24) is 15.2 Å². The number of nitrogens with zero attached hydrogens (tertiary/aromatic N) is 2. The maximum atomic E-state index is 12.2. The summed E-state index contributed by atoms with van der Waals surface area (Å²) < 4.78 is 0.715. The standard InChI is InChI=1S/C18H20ClN3O3S2/c19-14-4-2-1-3-12(14)9-20-10-13-5-6-16(23)22(13)7-8-26-18-21-15(11-27-18)17(24)25/h1-4,11,13,20H,5-10H2,(H,24,25). The number of carboxylic acid groups (broad SMARTS) is 1. The molecule has 1 unspecified atom stereocenters. The van der Waals surface area contributed by atoms with Crippen molar-refractivity contribution < 1.29 is 14.7 Å². The number of halogens is 1. The second-order valence-electron chi connectivity index (χ2n) is 6.15. The fourth-order valence-corrected chi connectivity index (χ4v) is 4.99. The van der Waals surface area contributed by atoms with E-state index in [1.807, 2.05) is 29.2 Å². The molecule has 1 saturated heterocycles. The Morgan fingerprint density at radius 2 is 2.26 bits per heavy atom. The molecule has 144 valence electrons. The predicted octanol–water partition coefficient (Wildman–Crippen LogP) is 3.37. The van der Waals surface area contributed by atoms with Gasteiger partial charge in [0, 0.05) is 48.3 Å². The fraction of sp³-hybridized carbons (Fsp3) is 0.389. The number of aromatic carboxylic acids is 1. The fourth-order valence-electron chi connectivity index (χ4n) is 2.98. The number of rotatable bonds is 9. The first-order valence-electron chi connectivity index (χ1n) is 8.60. The number of benzene rings is 1. The van der Waals surface area contributed by atoms with Gasteiger partial charge >= 0.3 is 5.97 Å². The summed E-state index contributed by atoms with van der Waals surface area (Å²) in [5.41, 5.74) is 1.12. The lowest BCUT2D eigenvalue weighted by Gasteiger charge is -2.25. The molecule has 0 saturated carbocycles. The number of hydrogen-bond donors (Lipinski definition) is 2. The molecule has 1 amide bonds. The normalized spacial score (nSPS) is 16.9. The SMILES string of the molecule is O=C(O)c1csc(SCCN2C(=O)CCC2CNCc2ccccc2Cl)n1. The largest absolute Gasteiger partial charge is 0.476 e. The van der Waals surface area contributed by atoms with Crippen LogP contribution in [-0.4, -0.2) is 51.8 Å². The second kappa shape index (κ2) is 9.54. The minimum atomic E-state index is -1.02. The number of carbonyl (C=O) groups excluding carboxylic acids is 1. The van der Waals surface area contributed by atoms with Crippen LogP contribution in [0, 0.1) is 0 Å². The third-order valence-electron chi connectivity index (χ3n) is 4.37. The Kier molecular flexibility index (Phi) is 7.12. The molecular weight excluding hydrogens is 406 g/mol. The zero-order valence-electron chi connectivity index (χ0n) is 14.6. The average molecular weight is 426 g/mol. The van der Waals surface area contributed by atoms with Gasteiger partial charge in [0.25, 0.3) is 0 Å². The number of aromatic nitrogens is 1. The van der Waals surface area contributed by atoms with Crippen molar-refractivity contribution in [3.05, 3.63) is 45.9 Å². The van der Waals surface area contributed by atoms with E-state index in [4.69, 9.17) is 16.7 Å². The summed E-state index contributed by atoms with van der Waals surface area (Å²) in [5.74, 6) is -0.151. The van der Waals surface area contributed by atoms with Crippen LogP contribution in [0.1, 0.15) is 28.9 Å². The van der Waals surface area contributed by atoms with Gasteiger partial charge in [0.1, 0.15) is 0 Å². The van der Waals surface area contributed by atoms with Gasteiger partial charge in [-0.3, -0.25) is 4.79 Å². The maximum Gasteiger partial charge on any atom is 0.355 e. The number of thioether (sulfide) groups is 1. The zero-order chi connectivity index (χ0) is 19.2. The van der Waals surface area contributed by atoms with E-state index in [1.165, 1.54) is 28.5 Å². The van der Waals surface area contributed by atoms with Crippen LogP contribution in [0.25, 0.3) is 0 Å². The monoisotopic (exact) mass is 425 g/mol. The molecule has 1 aromatic carbocycles. The first kappa shape index (κ1) is 20.1. The Bertz CT molecular complexity index is 815. The number of thiazole rings is 1. The van der Waals surface area contributed by atoms with Crippen molar-refractivity contribution in [2.24, 2.45) is 0 Å². The van der Waals surface area contributed by atoms with Crippen LogP contribution >= 0.6 is 34.7 Å². The molecule has 0 spiro atoms. The van der Waals surface area contributed by atoms with E-state index in [2.05, 4.69) is 10.3 Å². The van der Waals surface area contributed by atoms with Gasteiger partial charge in [-0.2, -0.15) is 0 Å². The number of likely N-dealkylation sites (tertiary alicyclic amines) is 1. The number of amides is 1. The van der Waals surface area contributed by atoms with Gasteiger partial charge in [-0.1, -0.05) is 41.6 Å². The van der Waals surface area contributed by atoms with Gasteiger partial charge in [-0.15, -0.1) is 11.3 Å². The van der Waals surface area contributed by atoms with E-state index in [9.17, 15) is 9.59 Å². The topological polar surface area (TPSA) is 82.5 Å². The molecule has 0 bridgehead atoms. The quantitative estimate of drug-likeness (QED) is 0.599. The molecule has 6 nitrogen and oxygen atoms in total. The molecule has 1 aliphatic heterocycles. The summed E-state index contributed by atoms with van der Waals surface area (Å²) in [5, 5.41) is 14.6. The smallest absolute Gasteiger partial charge is 0.355 e. The molecule has 0 aliphatic carbocycles. The van der Waals surface area contributed by atoms with Crippen LogP contribution in [0.2, 0.25) is 5.02 Å². The van der Waals surface area contributed by atoms with Crippen molar-refractivity contribution in [2.45, 2.75) is 29.8 Å². The highest BCUT2D eigenvalue weighted by Gasteiger charge is 2.30. The summed E-state index contributed by atoms with van der Waals surface area (Å²) in [6, 6.07) is 7.90. The average Bonchev–Trinajstić information content (AvgIpc) is 3.25. The molecule has 2 heterocycles. The minimum Gasteiger partial charge on any atom is -0.476 e. The molecule has 1 aliphatic rings. The number of nitrogens with one attached hydrogen (secondary N) is 1. The van der Waals surface area contributed by atoms with Crippen molar-refractivity contribution in [1.29, 1.82) is 0 Å². The van der Waals surface area contributed by atoms with Crippen LogP contribution in [0.15, 0.2) is 34.0 Å².